The van der Waals surface area contributed by atoms with Crippen molar-refractivity contribution in [2.75, 3.05) is 0 Å². The number of pyridine rings is 2. The van der Waals surface area contributed by atoms with Gasteiger partial charge in [0.2, 0.25) is 10.9 Å². The van der Waals surface area contributed by atoms with Crippen molar-refractivity contribution in [1.29, 1.82) is 0 Å². The van der Waals surface area contributed by atoms with Crippen LogP contribution in [-0.4, -0.2) is 9.97 Å². The highest BCUT2D eigenvalue weighted by atomic mass is 33.1. The summed E-state index contributed by atoms with van der Waals surface area (Å²) < 4.78 is 0. The number of fused-ring (bicyclic) bond motifs is 2. The third-order valence-corrected chi connectivity index (χ3v) is 9.97. The van der Waals surface area contributed by atoms with Crippen LogP contribution in [-0.2, 0) is 0 Å². The Bertz CT molecular complexity index is 1910. The SMILES string of the molecule is Cc1ccc(-c2[nH]c3ccccc3c(=O)c2SSc2c(-c3ccc(C)c(C)c3)[nH]c3ccccc3c2=O)cc1C. The van der Waals surface area contributed by atoms with Crippen molar-refractivity contribution in [3.63, 3.8) is 0 Å². The van der Waals surface area contributed by atoms with Crippen LogP contribution in [0, 0.1) is 27.7 Å². The van der Waals surface area contributed by atoms with Gasteiger partial charge < -0.3 is 9.97 Å². The van der Waals surface area contributed by atoms with Crippen molar-refractivity contribution in [2.45, 2.75) is 37.5 Å². The molecule has 0 aliphatic rings. The average Bonchev–Trinajstić information content (AvgIpc) is 2.96. The minimum atomic E-state index is -0.0509. The van der Waals surface area contributed by atoms with Crippen molar-refractivity contribution >= 4 is 43.4 Å². The molecule has 0 atom stereocenters. The Hall–Kier alpha value is -4.00. The molecule has 2 aromatic heterocycles. The van der Waals surface area contributed by atoms with Gasteiger partial charge >= 0.3 is 0 Å². The van der Waals surface area contributed by atoms with Crippen LogP contribution in [0.1, 0.15) is 22.3 Å². The Morgan fingerprint density at radius 3 is 1.30 bits per heavy atom. The van der Waals surface area contributed by atoms with E-state index in [0.717, 1.165) is 44.7 Å². The van der Waals surface area contributed by atoms with Crippen molar-refractivity contribution < 1.29 is 0 Å². The lowest BCUT2D eigenvalue weighted by Gasteiger charge is -2.15. The summed E-state index contributed by atoms with van der Waals surface area (Å²) in [6.45, 7) is 8.30. The van der Waals surface area contributed by atoms with Crippen molar-refractivity contribution in [1.82, 2.24) is 9.97 Å². The van der Waals surface area contributed by atoms with Crippen molar-refractivity contribution in [3.8, 4) is 22.5 Å². The maximum atomic E-state index is 13.9. The highest BCUT2D eigenvalue weighted by Crippen LogP contribution is 2.43. The standard InChI is InChI=1S/C34H28N2O2S2/c1-19-13-15-23(17-21(19)3)29-33(31(37)25-9-5-7-11-27(25)35-29)39-40-34-30(24-16-14-20(2)22(4)18-24)36-28-12-8-6-10-26(28)32(34)38/h5-18H,1-4H3,(H,35,37)(H,36,38). The summed E-state index contributed by atoms with van der Waals surface area (Å²) in [6.07, 6.45) is 0. The van der Waals surface area contributed by atoms with Crippen molar-refractivity contribution in [2.24, 2.45) is 0 Å². The first kappa shape index (κ1) is 26.2. The predicted molar refractivity (Wildman–Crippen MR) is 171 cm³/mol. The third-order valence-electron chi connectivity index (χ3n) is 7.53. The molecule has 0 aliphatic carbocycles. The van der Waals surface area contributed by atoms with Gasteiger partial charge in [-0.2, -0.15) is 0 Å². The second-order valence-corrected chi connectivity index (χ2v) is 12.3. The van der Waals surface area contributed by atoms with Gasteiger partial charge in [-0.25, -0.2) is 0 Å². The molecule has 0 radical (unpaired) electrons. The van der Waals surface area contributed by atoms with E-state index < -0.39 is 0 Å². The zero-order chi connectivity index (χ0) is 28.0. The van der Waals surface area contributed by atoms with Gasteiger partial charge in [0.15, 0.2) is 0 Å². The Balaban J connectivity index is 1.54. The number of hydrogen-bond donors (Lipinski definition) is 2. The van der Waals surface area contributed by atoms with Crippen molar-refractivity contribution in [3.05, 3.63) is 128 Å². The molecule has 2 heterocycles. The number of aryl methyl sites for hydroxylation is 4. The van der Waals surface area contributed by atoms with Crippen LogP contribution in [0.25, 0.3) is 44.3 Å². The number of nitrogens with one attached hydrogen (secondary N) is 2. The Kier molecular flexibility index (Phi) is 6.90. The van der Waals surface area contributed by atoms with Crippen LogP contribution in [0.15, 0.2) is 104 Å². The Morgan fingerprint density at radius 1 is 0.500 bits per heavy atom. The molecule has 0 fully saturated rings. The molecule has 6 rings (SSSR count). The third kappa shape index (κ3) is 4.67. The first-order chi connectivity index (χ1) is 19.3. The average molecular weight is 561 g/mol. The minimum absolute atomic E-state index is 0.0509. The molecule has 0 amide bonds. The molecule has 40 heavy (non-hydrogen) atoms. The molecule has 2 N–H and O–H groups in total. The summed E-state index contributed by atoms with van der Waals surface area (Å²) in [4.78, 5) is 36.0. The maximum absolute atomic E-state index is 13.9. The van der Waals surface area contributed by atoms with Gasteiger partial charge in [0.1, 0.15) is 0 Å². The Labute approximate surface area is 240 Å². The van der Waals surface area contributed by atoms with E-state index in [1.165, 1.54) is 32.7 Å². The normalized spacial score (nSPS) is 11.4. The number of benzene rings is 4. The van der Waals surface area contributed by atoms with Crippen LogP contribution in [0.5, 0.6) is 0 Å². The van der Waals surface area contributed by atoms with E-state index in [1.807, 2.05) is 60.7 Å². The van der Waals surface area contributed by atoms with Gasteiger partial charge in [0.05, 0.1) is 21.2 Å². The van der Waals surface area contributed by atoms with E-state index in [2.05, 4.69) is 61.9 Å². The molecule has 0 saturated heterocycles. The van der Waals surface area contributed by atoms with E-state index in [-0.39, 0.29) is 10.9 Å². The summed E-state index contributed by atoms with van der Waals surface area (Å²) in [5, 5.41) is 1.25. The smallest absolute Gasteiger partial charge is 0.204 e. The first-order valence-electron chi connectivity index (χ1n) is 13.1. The lowest BCUT2D eigenvalue weighted by atomic mass is 10.0. The van der Waals surface area contributed by atoms with Crippen LogP contribution in [0.4, 0.5) is 0 Å². The fourth-order valence-electron chi connectivity index (χ4n) is 4.88. The molecule has 198 valence electrons. The van der Waals surface area contributed by atoms with Crippen LogP contribution < -0.4 is 10.9 Å². The Morgan fingerprint density at radius 2 is 0.900 bits per heavy atom. The molecule has 0 aliphatic heterocycles. The highest BCUT2D eigenvalue weighted by Gasteiger charge is 2.20. The van der Waals surface area contributed by atoms with Gasteiger partial charge in [-0.3, -0.25) is 9.59 Å². The molecule has 0 saturated carbocycles. The van der Waals surface area contributed by atoms with Gasteiger partial charge in [0.25, 0.3) is 0 Å². The first-order valence-corrected chi connectivity index (χ1v) is 15.3. The molecular formula is C34H28N2O2S2. The zero-order valence-corrected chi connectivity index (χ0v) is 24.3. The molecule has 4 nitrogen and oxygen atoms in total. The lowest BCUT2D eigenvalue weighted by Crippen LogP contribution is -2.10. The summed E-state index contributed by atoms with van der Waals surface area (Å²) in [7, 11) is 2.68. The van der Waals surface area contributed by atoms with E-state index in [1.54, 1.807) is 0 Å². The van der Waals surface area contributed by atoms with E-state index in [0.29, 0.717) is 20.6 Å². The van der Waals surface area contributed by atoms with Gasteiger partial charge in [-0.1, -0.05) is 48.5 Å². The highest BCUT2D eigenvalue weighted by molar-refractivity contribution is 8.76. The number of aromatic amines is 2. The molecule has 0 spiro atoms. The summed E-state index contributed by atoms with van der Waals surface area (Å²) >= 11 is 0. The number of rotatable bonds is 5. The van der Waals surface area contributed by atoms with Gasteiger partial charge in [-0.15, -0.1) is 0 Å². The number of H-pyrrole nitrogens is 2. The monoisotopic (exact) mass is 560 g/mol. The second kappa shape index (κ2) is 10.5. The second-order valence-electron chi connectivity index (χ2n) is 10.2. The summed E-state index contributed by atoms with van der Waals surface area (Å²) in [5.74, 6) is 0. The van der Waals surface area contributed by atoms with Crippen LogP contribution in [0.3, 0.4) is 0 Å². The molecular weight excluding hydrogens is 533 g/mol. The minimum Gasteiger partial charge on any atom is -0.353 e. The van der Waals surface area contributed by atoms with E-state index >= 15 is 0 Å². The van der Waals surface area contributed by atoms with E-state index in [9.17, 15) is 9.59 Å². The lowest BCUT2D eigenvalue weighted by molar-refractivity contribution is 1.25. The fourth-order valence-corrected chi connectivity index (χ4v) is 7.37. The number of aromatic nitrogens is 2. The number of hydrogen-bond acceptors (Lipinski definition) is 4. The largest absolute Gasteiger partial charge is 0.353 e. The molecule has 4 aromatic carbocycles. The summed E-state index contributed by atoms with van der Waals surface area (Å²) in [5.41, 5.74) is 9.55. The molecule has 0 bridgehead atoms. The predicted octanol–water partition coefficient (Wildman–Crippen LogP) is 8.74. The van der Waals surface area contributed by atoms with E-state index in [4.69, 9.17) is 0 Å². The van der Waals surface area contributed by atoms with Crippen LogP contribution >= 0.6 is 21.6 Å². The zero-order valence-electron chi connectivity index (χ0n) is 22.7. The quantitative estimate of drug-likeness (QED) is 0.207. The van der Waals surface area contributed by atoms with Gasteiger partial charge in [-0.05, 0) is 119 Å². The molecule has 6 aromatic rings. The molecule has 6 heteroatoms. The fraction of sp³-hybridized carbons (Fsp3) is 0.118. The maximum Gasteiger partial charge on any atom is 0.204 e. The topological polar surface area (TPSA) is 65.7 Å². The molecule has 0 unspecified atom stereocenters. The summed E-state index contributed by atoms with van der Waals surface area (Å²) in [6, 6.07) is 27.6. The van der Waals surface area contributed by atoms with Crippen LogP contribution in [0.2, 0.25) is 0 Å². The number of para-hydroxylation sites is 2. The van der Waals surface area contributed by atoms with Gasteiger partial charge in [0, 0.05) is 21.8 Å².